The summed E-state index contributed by atoms with van der Waals surface area (Å²) in [6, 6.07) is 7.03. The Bertz CT molecular complexity index is 301. The van der Waals surface area contributed by atoms with Gasteiger partial charge in [-0.1, -0.05) is 12.1 Å². The van der Waals surface area contributed by atoms with Crippen LogP contribution in [0.2, 0.25) is 0 Å². The van der Waals surface area contributed by atoms with Crippen LogP contribution in [0.3, 0.4) is 0 Å². The zero-order chi connectivity index (χ0) is 9.26. The number of hydrogen-bond donors (Lipinski definition) is 1. The molecule has 0 saturated carbocycles. The molecule has 1 aliphatic rings. The number of para-hydroxylation sites is 1. The fourth-order valence-corrected chi connectivity index (χ4v) is 1.71. The molecule has 2 rings (SSSR count). The first-order valence-corrected chi connectivity index (χ1v) is 4.52. The van der Waals surface area contributed by atoms with Crippen LogP contribution in [0, 0.1) is 5.82 Å². The third-order valence-corrected chi connectivity index (χ3v) is 2.42. The van der Waals surface area contributed by atoms with Crippen molar-refractivity contribution in [3.8, 4) is 0 Å². The Labute approximate surface area is 77.2 Å². The van der Waals surface area contributed by atoms with Crippen LogP contribution < -0.4 is 10.6 Å². The van der Waals surface area contributed by atoms with Gasteiger partial charge in [-0.15, -0.1) is 0 Å². The van der Waals surface area contributed by atoms with E-state index in [4.69, 9.17) is 5.73 Å². The lowest BCUT2D eigenvalue weighted by molar-refractivity contribution is 0.622. The first-order chi connectivity index (χ1) is 6.27. The van der Waals surface area contributed by atoms with E-state index in [9.17, 15) is 4.39 Å². The van der Waals surface area contributed by atoms with Crippen molar-refractivity contribution in [3.05, 3.63) is 30.1 Å². The summed E-state index contributed by atoms with van der Waals surface area (Å²) in [6.07, 6.45) is 0.953. The lowest BCUT2D eigenvalue weighted by atomic mass is 10.3. The summed E-state index contributed by atoms with van der Waals surface area (Å²) in [6.45, 7) is 1.63. The van der Waals surface area contributed by atoms with Crippen LogP contribution in [0.1, 0.15) is 6.42 Å². The summed E-state index contributed by atoms with van der Waals surface area (Å²) in [5.41, 5.74) is 6.42. The van der Waals surface area contributed by atoms with Gasteiger partial charge in [-0.05, 0) is 18.6 Å². The smallest absolute Gasteiger partial charge is 0.146 e. The van der Waals surface area contributed by atoms with Crippen LogP contribution in [0.25, 0.3) is 0 Å². The highest BCUT2D eigenvalue weighted by Crippen LogP contribution is 2.22. The number of hydrogen-bond acceptors (Lipinski definition) is 2. The van der Waals surface area contributed by atoms with Crippen LogP contribution in [-0.2, 0) is 0 Å². The van der Waals surface area contributed by atoms with Crippen molar-refractivity contribution < 1.29 is 4.39 Å². The maximum atomic E-state index is 13.3. The summed E-state index contributed by atoms with van der Waals surface area (Å²) in [7, 11) is 0. The van der Waals surface area contributed by atoms with Crippen molar-refractivity contribution >= 4 is 5.69 Å². The Morgan fingerprint density at radius 3 is 2.77 bits per heavy atom. The molecule has 0 aliphatic carbocycles. The molecule has 0 unspecified atom stereocenters. The highest BCUT2D eigenvalue weighted by molar-refractivity contribution is 5.48. The van der Waals surface area contributed by atoms with Crippen molar-refractivity contribution in [1.82, 2.24) is 0 Å². The lowest BCUT2D eigenvalue weighted by Crippen LogP contribution is -2.26. The van der Waals surface area contributed by atoms with E-state index >= 15 is 0 Å². The molecule has 0 amide bonds. The van der Waals surface area contributed by atoms with E-state index in [0.717, 1.165) is 19.5 Å². The second kappa shape index (κ2) is 3.34. The van der Waals surface area contributed by atoms with E-state index < -0.39 is 0 Å². The predicted octanol–water partition coefficient (Wildman–Crippen LogP) is 1.36. The molecule has 2 N–H and O–H groups in total. The molecule has 0 bridgehead atoms. The average molecular weight is 180 g/mol. The van der Waals surface area contributed by atoms with Gasteiger partial charge in [0.25, 0.3) is 0 Å². The number of rotatable bonds is 1. The number of benzene rings is 1. The normalized spacial score (nSPS) is 22.3. The molecule has 1 aliphatic heterocycles. The van der Waals surface area contributed by atoms with Crippen molar-refractivity contribution in [3.63, 3.8) is 0 Å². The highest BCUT2D eigenvalue weighted by Gasteiger charge is 2.20. The molecular weight excluding hydrogens is 167 g/mol. The molecule has 13 heavy (non-hydrogen) atoms. The first kappa shape index (κ1) is 8.51. The van der Waals surface area contributed by atoms with E-state index in [1.54, 1.807) is 12.1 Å². The van der Waals surface area contributed by atoms with Gasteiger partial charge >= 0.3 is 0 Å². The predicted molar refractivity (Wildman–Crippen MR) is 51.2 cm³/mol. The van der Waals surface area contributed by atoms with Gasteiger partial charge in [0.2, 0.25) is 0 Å². The molecular formula is C10H13FN2. The number of anilines is 1. The van der Waals surface area contributed by atoms with Crippen LogP contribution in [0.15, 0.2) is 24.3 Å². The van der Waals surface area contributed by atoms with Gasteiger partial charge < -0.3 is 10.6 Å². The van der Waals surface area contributed by atoms with Gasteiger partial charge in [0.15, 0.2) is 0 Å². The van der Waals surface area contributed by atoms with Crippen LogP contribution >= 0.6 is 0 Å². The minimum absolute atomic E-state index is 0.156. The molecule has 70 valence electrons. The topological polar surface area (TPSA) is 29.3 Å². The molecule has 1 aromatic rings. The number of halogens is 1. The molecule has 1 aromatic carbocycles. The summed E-state index contributed by atoms with van der Waals surface area (Å²) >= 11 is 0. The van der Waals surface area contributed by atoms with Gasteiger partial charge in [0, 0.05) is 19.1 Å². The Morgan fingerprint density at radius 2 is 2.15 bits per heavy atom. The quantitative estimate of drug-likeness (QED) is 0.707. The van der Waals surface area contributed by atoms with Gasteiger partial charge in [-0.25, -0.2) is 4.39 Å². The van der Waals surface area contributed by atoms with E-state index in [1.165, 1.54) is 6.07 Å². The fourth-order valence-electron chi connectivity index (χ4n) is 1.71. The molecule has 2 nitrogen and oxygen atoms in total. The summed E-state index contributed by atoms with van der Waals surface area (Å²) < 4.78 is 13.3. The van der Waals surface area contributed by atoms with Gasteiger partial charge in [-0.2, -0.15) is 0 Å². The monoisotopic (exact) mass is 180 g/mol. The maximum absolute atomic E-state index is 13.3. The van der Waals surface area contributed by atoms with E-state index in [1.807, 2.05) is 11.0 Å². The molecule has 1 fully saturated rings. The standard InChI is InChI=1S/C10H13FN2/c11-9-3-1-2-4-10(9)13-6-5-8(12)7-13/h1-4,8H,5-7,12H2/t8-/m1/s1. The molecule has 0 aromatic heterocycles. The SMILES string of the molecule is N[C@@H]1CCN(c2ccccc2F)C1. The minimum Gasteiger partial charge on any atom is -0.368 e. The van der Waals surface area contributed by atoms with E-state index in [0.29, 0.717) is 5.69 Å². The third kappa shape index (κ3) is 1.65. The number of nitrogens with zero attached hydrogens (tertiary/aromatic N) is 1. The molecule has 1 atom stereocenters. The van der Waals surface area contributed by atoms with Crippen LogP contribution in [0.5, 0.6) is 0 Å². The zero-order valence-electron chi connectivity index (χ0n) is 7.41. The minimum atomic E-state index is -0.156. The average Bonchev–Trinajstić information content (AvgIpc) is 2.53. The summed E-state index contributed by atoms with van der Waals surface area (Å²) in [5, 5.41) is 0. The molecule has 1 saturated heterocycles. The highest BCUT2D eigenvalue weighted by atomic mass is 19.1. The first-order valence-electron chi connectivity index (χ1n) is 4.52. The second-order valence-corrected chi connectivity index (χ2v) is 3.45. The number of nitrogens with two attached hydrogens (primary N) is 1. The van der Waals surface area contributed by atoms with E-state index in [2.05, 4.69) is 0 Å². The summed E-state index contributed by atoms with van der Waals surface area (Å²) in [5.74, 6) is -0.156. The second-order valence-electron chi connectivity index (χ2n) is 3.45. The van der Waals surface area contributed by atoms with Crippen molar-refractivity contribution in [2.24, 2.45) is 5.73 Å². The molecule has 0 spiro atoms. The Balaban J connectivity index is 2.21. The van der Waals surface area contributed by atoms with Crippen LogP contribution in [0.4, 0.5) is 10.1 Å². The third-order valence-electron chi connectivity index (χ3n) is 2.42. The van der Waals surface area contributed by atoms with E-state index in [-0.39, 0.29) is 11.9 Å². The Kier molecular flexibility index (Phi) is 2.19. The largest absolute Gasteiger partial charge is 0.368 e. The molecule has 0 radical (unpaired) electrons. The van der Waals surface area contributed by atoms with Gasteiger partial charge in [0.1, 0.15) is 5.82 Å². The van der Waals surface area contributed by atoms with Crippen LogP contribution in [-0.4, -0.2) is 19.1 Å². The van der Waals surface area contributed by atoms with Crippen molar-refractivity contribution in [2.75, 3.05) is 18.0 Å². The lowest BCUT2D eigenvalue weighted by Gasteiger charge is -2.18. The molecule has 3 heteroatoms. The molecule has 1 heterocycles. The zero-order valence-corrected chi connectivity index (χ0v) is 7.41. The van der Waals surface area contributed by atoms with Gasteiger partial charge in [0.05, 0.1) is 5.69 Å². The maximum Gasteiger partial charge on any atom is 0.146 e. The fraction of sp³-hybridized carbons (Fsp3) is 0.400. The van der Waals surface area contributed by atoms with Crippen molar-refractivity contribution in [2.45, 2.75) is 12.5 Å². The summed E-state index contributed by atoms with van der Waals surface area (Å²) in [4.78, 5) is 2.00. The van der Waals surface area contributed by atoms with Crippen molar-refractivity contribution in [1.29, 1.82) is 0 Å². The Morgan fingerprint density at radius 1 is 1.38 bits per heavy atom. The Hall–Kier alpha value is -1.09. The van der Waals surface area contributed by atoms with Gasteiger partial charge in [-0.3, -0.25) is 0 Å².